The Morgan fingerprint density at radius 3 is 2.50 bits per heavy atom. The van der Waals surface area contributed by atoms with Crippen LogP contribution in [0.15, 0.2) is 30.5 Å². The minimum Gasteiger partial charge on any atom is -0.368 e. The van der Waals surface area contributed by atoms with Crippen molar-refractivity contribution in [2.24, 2.45) is 0 Å². The summed E-state index contributed by atoms with van der Waals surface area (Å²) >= 11 is 12.4. The van der Waals surface area contributed by atoms with Crippen molar-refractivity contribution in [2.45, 2.75) is 38.6 Å². The molecule has 0 N–H and O–H groups in total. The number of ketones is 1. The van der Waals surface area contributed by atoms with Gasteiger partial charge in [0.15, 0.2) is 5.78 Å². The van der Waals surface area contributed by atoms with E-state index in [2.05, 4.69) is 20.6 Å². The van der Waals surface area contributed by atoms with E-state index >= 15 is 0 Å². The maximum absolute atomic E-state index is 12.0. The lowest BCUT2D eigenvalue weighted by Gasteiger charge is -2.36. The molecule has 0 unspecified atom stereocenters. The molecule has 1 fully saturated rings. The van der Waals surface area contributed by atoms with Gasteiger partial charge in [-0.1, -0.05) is 23.2 Å². The highest BCUT2D eigenvalue weighted by atomic mass is 35.5. The van der Waals surface area contributed by atoms with Crippen molar-refractivity contribution in [3.05, 3.63) is 51.8 Å². The van der Waals surface area contributed by atoms with Crippen LogP contribution in [-0.4, -0.2) is 48.0 Å². The summed E-state index contributed by atoms with van der Waals surface area (Å²) in [5, 5.41) is 1.41. The van der Waals surface area contributed by atoms with Gasteiger partial charge < -0.3 is 9.47 Å². The first-order valence-electron chi connectivity index (χ1n) is 10.3. The third-order valence-corrected chi connectivity index (χ3v) is 6.48. The van der Waals surface area contributed by atoms with Crippen LogP contribution >= 0.6 is 23.2 Å². The van der Waals surface area contributed by atoms with E-state index in [4.69, 9.17) is 23.2 Å². The SMILES string of the molecule is O=C1CCCc2c1ccn2CCCCN1CCN(c2ccc(Cl)cc2Cl)CC1. The minimum atomic E-state index is 0.318. The van der Waals surface area contributed by atoms with Gasteiger partial charge in [-0.25, -0.2) is 0 Å². The number of carbonyl (C=O) groups is 1. The molecule has 28 heavy (non-hydrogen) atoms. The fourth-order valence-electron chi connectivity index (χ4n) is 4.37. The van der Waals surface area contributed by atoms with Crippen molar-refractivity contribution < 1.29 is 4.79 Å². The summed E-state index contributed by atoms with van der Waals surface area (Å²) in [6.45, 7) is 6.26. The van der Waals surface area contributed by atoms with Gasteiger partial charge in [-0.2, -0.15) is 0 Å². The highest BCUT2D eigenvalue weighted by Gasteiger charge is 2.21. The average Bonchev–Trinajstić information content (AvgIpc) is 3.10. The number of aryl methyl sites for hydroxylation is 1. The molecule has 1 aromatic carbocycles. The first kappa shape index (κ1) is 19.8. The number of hydrogen-bond acceptors (Lipinski definition) is 3. The Morgan fingerprint density at radius 1 is 0.929 bits per heavy atom. The molecule has 4 rings (SSSR count). The Labute approximate surface area is 177 Å². The van der Waals surface area contributed by atoms with Gasteiger partial charge in [0.1, 0.15) is 0 Å². The number of rotatable bonds is 6. The third kappa shape index (κ3) is 4.40. The number of carbonyl (C=O) groups excluding carboxylic acids is 1. The molecule has 0 amide bonds. The molecule has 0 spiro atoms. The summed E-state index contributed by atoms with van der Waals surface area (Å²) in [7, 11) is 0. The predicted molar refractivity (Wildman–Crippen MR) is 116 cm³/mol. The smallest absolute Gasteiger partial charge is 0.164 e. The van der Waals surface area contributed by atoms with Gasteiger partial charge in [0.05, 0.1) is 10.7 Å². The topological polar surface area (TPSA) is 28.5 Å². The van der Waals surface area contributed by atoms with E-state index in [0.717, 1.165) is 74.8 Å². The van der Waals surface area contributed by atoms with Gasteiger partial charge in [-0.15, -0.1) is 0 Å². The minimum absolute atomic E-state index is 0.318. The van der Waals surface area contributed by atoms with Crippen LogP contribution in [0.4, 0.5) is 5.69 Å². The summed E-state index contributed by atoms with van der Waals surface area (Å²) in [6, 6.07) is 7.75. The lowest BCUT2D eigenvalue weighted by Crippen LogP contribution is -2.46. The number of aromatic nitrogens is 1. The lowest BCUT2D eigenvalue weighted by atomic mass is 9.97. The quantitative estimate of drug-likeness (QED) is 0.622. The monoisotopic (exact) mass is 419 g/mol. The molecule has 0 radical (unpaired) electrons. The van der Waals surface area contributed by atoms with Crippen LogP contribution < -0.4 is 4.90 Å². The van der Waals surface area contributed by atoms with Gasteiger partial charge in [0.2, 0.25) is 0 Å². The van der Waals surface area contributed by atoms with Crippen molar-refractivity contribution in [2.75, 3.05) is 37.6 Å². The highest BCUT2D eigenvalue weighted by molar-refractivity contribution is 6.36. The molecular weight excluding hydrogens is 393 g/mol. The van der Waals surface area contributed by atoms with Gasteiger partial charge in [0.25, 0.3) is 0 Å². The van der Waals surface area contributed by atoms with Crippen molar-refractivity contribution in [3.8, 4) is 0 Å². The number of hydrogen-bond donors (Lipinski definition) is 0. The third-order valence-electron chi connectivity index (χ3n) is 5.94. The summed E-state index contributed by atoms with van der Waals surface area (Å²) in [5.74, 6) is 0.318. The van der Waals surface area contributed by atoms with Crippen LogP contribution in [0.2, 0.25) is 10.0 Å². The van der Waals surface area contributed by atoms with Crippen molar-refractivity contribution in [1.82, 2.24) is 9.47 Å². The first-order valence-corrected chi connectivity index (χ1v) is 11.0. The molecule has 0 atom stereocenters. The molecule has 2 aromatic rings. The largest absolute Gasteiger partial charge is 0.368 e. The fraction of sp³-hybridized carbons (Fsp3) is 0.500. The van der Waals surface area contributed by atoms with Crippen LogP contribution in [0.1, 0.15) is 41.7 Å². The standard InChI is InChI=1S/C22H27Cl2N3O/c23-17-6-7-21(19(24)16-17)27-14-12-25(13-15-27)9-1-2-10-26-11-8-18-20(26)4-3-5-22(18)28/h6-8,11,16H,1-5,9-10,12-15H2. The Hall–Kier alpha value is -1.49. The number of piperazine rings is 1. The van der Waals surface area contributed by atoms with E-state index in [0.29, 0.717) is 17.2 Å². The Morgan fingerprint density at radius 2 is 1.71 bits per heavy atom. The molecule has 4 nitrogen and oxygen atoms in total. The van der Waals surface area contributed by atoms with E-state index < -0.39 is 0 Å². The normalized spacial score (nSPS) is 17.8. The van der Waals surface area contributed by atoms with Gasteiger partial charge in [-0.05, 0) is 56.5 Å². The summed E-state index contributed by atoms with van der Waals surface area (Å²) in [6.07, 6.45) is 7.19. The second-order valence-corrected chi connectivity index (χ2v) is 8.62. The van der Waals surface area contributed by atoms with Crippen LogP contribution in [-0.2, 0) is 13.0 Å². The Kier molecular flexibility index (Phi) is 6.29. The number of fused-ring (bicyclic) bond motifs is 1. The van der Waals surface area contributed by atoms with Gasteiger partial charge in [-0.3, -0.25) is 9.69 Å². The number of Topliss-reactive ketones (excluding diaryl/α,β-unsaturated/α-hetero) is 1. The zero-order chi connectivity index (χ0) is 19.5. The number of anilines is 1. The molecule has 1 aliphatic heterocycles. The molecule has 2 aliphatic rings. The molecule has 1 aliphatic carbocycles. The second-order valence-electron chi connectivity index (χ2n) is 7.78. The van der Waals surface area contributed by atoms with Gasteiger partial charge >= 0.3 is 0 Å². The van der Waals surface area contributed by atoms with E-state index in [1.807, 2.05) is 24.3 Å². The van der Waals surface area contributed by atoms with E-state index in [1.54, 1.807) is 0 Å². The Balaban J connectivity index is 1.21. The predicted octanol–water partition coefficient (Wildman–Crippen LogP) is 4.92. The molecule has 0 bridgehead atoms. The molecule has 6 heteroatoms. The van der Waals surface area contributed by atoms with Crippen LogP contribution in [0.3, 0.4) is 0 Å². The molecule has 1 saturated heterocycles. The second kappa shape index (κ2) is 8.89. The van der Waals surface area contributed by atoms with Crippen molar-refractivity contribution in [3.63, 3.8) is 0 Å². The number of halogens is 2. The summed E-state index contributed by atoms with van der Waals surface area (Å²) in [5.41, 5.74) is 3.30. The lowest BCUT2D eigenvalue weighted by molar-refractivity contribution is 0.0971. The molecule has 150 valence electrons. The molecule has 1 aromatic heterocycles. The Bertz CT molecular complexity index is 840. The maximum Gasteiger partial charge on any atom is 0.164 e. The van der Waals surface area contributed by atoms with Crippen molar-refractivity contribution >= 4 is 34.7 Å². The van der Waals surface area contributed by atoms with Gasteiger partial charge in [0, 0.05) is 61.6 Å². The molecule has 2 heterocycles. The van der Waals surface area contributed by atoms with E-state index in [-0.39, 0.29) is 0 Å². The first-order chi connectivity index (χ1) is 13.6. The van der Waals surface area contributed by atoms with Crippen LogP contribution in [0.25, 0.3) is 0 Å². The zero-order valence-corrected chi connectivity index (χ0v) is 17.7. The van der Waals surface area contributed by atoms with Crippen molar-refractivity contribution in [1.29, 1.82) is 0 Å². The summed E-state index contributed by atoms with van der Waals surface area (Å²) in [4.78, 5) is 16.8. The maximum atomic E-state index is 12.0. The molecular formula is C22H27Cl2N3O. The summed E-state index contributed by atoms with van der Waals surface area (Å²) < 4.78 is 2.30. The number of unbranched alkanes of at least 4 members (excludes halogenated alkanes) is 1. The fourth-order valence-corrected chi connectivity index (χ4v) is 4.89. The average molecular weight is 420 g/mol. The highest BCUT2D eigenvalue weighted by Crippen LogP contribution is 2.29. The zero-order valence-electron chi connectivity index (χ0n) is 16.2. The van der Waals surface area contributed by atoms with E-state index in [9.17, 15) is 4.79 Å². The number of nitrogens with zero attached hydrogens (tertiary/aromatic N) is 3. The van der Waals surface area contributed by atoms with Crippen LogP contribution in [0.5, 0.6) is 0 Å². The van der Waals surface area contributed by atoms with E-state index in [1.165, 1.54) is 12.1 Å². The van der Waals surface area contributed by atoms with Crippen LogP contribution in [0, 0.1) is 0 Å². The molecule has 0 saturated carbocycles. The number of benzene rings is 1.